The molecule has 1 aromatic carbocycles. The summed E-state index contributed by atoms with van der Waals surface area (Å²) in [5, 5.41) is 0. The van der Waals surface area contributed by atoms with Crippen molar-refractivity contribution in [2.24, 2.45) is 0 Å². The third kappa shape index (κ3) is 5.37. The summed E-state index contributed by atoms with van der Waals surface area (Å²) in [6.07, 6.45) is 11.1. The molecule has 1 fully saturated rings. The lowest BCUT2D eigenvalue weighted by Crippen LogP contribution is -2.23. The van der Waals surface area contributed by atoms with Gasteiger partial charge < -0.3 is 9.47 Å². The minimum atomic E-state index is -0.275. The molecule has 0 bridgehead atoms. The van der Waals surface area contributed by atoms with Crippen molar-refractivity contribution < 1.29 is 9.47 Å². The fourth-order valence-electron chi connectivity index (χ4n) is 3.95. The van der Waals surface area contributed by atoms with E-state index in [0.717, 1.165) is 5.75 Å². The van der Waals surface area contributed by atoms with E-state index in [-0.39, 0.29) is 26.5 Å². The Morgan fingerprint density at radius 1 is 1.00 bits per heavy atom. The number of hydrogen-bond donors (Lipinski definition) is 0. The second-order valence-electron chi connectivity index (χ2n) is 7.36. The van der Waals surface area contributed by atoms with Gasteiger partial charge in [0.05, 0.1) is 6.54 Å². The first kappa shape index (κ1) is 22.0. The van der Waals surface area contributed by atoms with Crippen LogP contribution in [0.2, 0.25) is 0 Å². The summed E-state index contributed by atoms with van der Waals surface area (Å²) in [6, 6.07) is 10.4. The van der Waals surface area contributed by atoms with Crippen molar-refractivity contribution in [3.8, 4) is 11.8 Å². The van der Waals surface area contributed by atoms with Crippen LogP contribution in [0.3, 0.4) is 0 Å². The predicted molar refractivity (Wildman–Crippen MR) is 113 cm³/mol. The molecule has 1 saturated carbocycles. The standard InChI is InChI=1S/C21H26N2O3.2CH4/c24-20-12-13-23-14-19(26-21(23)22-20)15-25-18-10-8-17(9-11-18)16-6-4-2-1-3-5-7-16;;/h8-13,16,19H,1-7,14-15H2;2*1H4. The zero-order chi connectivity index (χ0) is 17.8. The Labute approximate surface area is 168 Å². The lowest BCUT2D eigenvalue weighted by molar-refractivity contribution is 0.143. The lowest BCUT2D eigenvalue weighted by atomic mass is 9.86. The Bertz CT molecular complexity index is 777. The van der Waals surface area contributed by atoms with Gasteiger partial charge in [0.2, 0.25) is 0 Å². The minimum Gasteiger partial charge on any atom is -0.490 e. The molecular formula is C23H34N2O3. The SMILES string of the molecule is C.C.O=c1ccn2c(n1)OC(COc1ccc(C3CCCCCCC3)cc1)C2. The Balaban J connectivity index is 0.00000140. The van der Waals surface area contributed by atoms with Crippen molar-refractivity contribution >= 4 is 0 Å². The quantitative estimate of drug-likeness (QED) is 0.726. The van der Waals surface area contributed by atoms with E-state index in [1.807, 2.05) is 4.57 Å². The topological polar surface area (TPSA) is 53.4 Å². The molecule has 1 aliphatic heterocycles. The monoisotopic (exact) mass is 386 g/mol. The Kier molecular flexibility index (Phi) is 8.09. The van der Waals surface area contributed by atoms with Gasteiger partial charge in [0.15, 0.2) is 6.10 Å². The molecule has 0 N–H and O–H groups in total. The average molecular weight is 387 g/mol. The van der Waals surface area contributed by atoms with E-state index in [2.05, 4.69) is 29.2 Å². The summed E-state index contributed by atoms with van der Waals surface area (Å²) in [7, 11) is 0. The van der Waals surface area contributed by atoms with Gasteiger partial charge in [-0.3, -0.25) is 9.36 Å². The second kappa shape index (κ2) is 10.3. The number of hydrogen-bond acceptors (Lipinski definition) is 4. The van der Waals surface area contributed by atoms with Gasteiger partial charge in [0.25, 0.3) is 11.6 Å². The molecule has 28 heavy (non-hydrogen) atoms. The number of fused-ring (bicyclic) bond motifs is 1. The molecule has 5 nitrogen and oxygen atoms in total. The summed E-state index contributed by atoms with van der Waals surface area (Å²) in [6.45, 7) is 1.10. The molecule has 2 aliphatic rings. The Hall–Kier alpha value is -2.30. The van der Waals surface area contributed by atoms with E-state index in [9.17, 15) is 4.79 Å². The maximum absolute atomic E-state index is 11.3. The number of aromatic nitrogens is 2. The molecule has 0 saturated heterocycles. The van der Waals surface area contributed by atoms with Crippen LogP contribution in [0, 0.1) is 0 Å². The van der Waals surface area contributed by atoms with Crippen LogP contribution < -0.4 is 15.0 Å². The number of rotatable bonds is 4. The molecule has 154 valence electrons. The van der Waals surface area contributed by atoms with Crippen LogP contribution in [0.25, 0.3) is 0 Å². The van der Waals surface area contributed by atoms with Crippen molar-refractivity contribution in [3.05, 3.63) is 52.4 Å². The first-order chi connectivity index (χ1) is 12.8. The van der Waals surface area contributed by atoms with Crippen LogP contribution in [-0.2, 0) is 6.54 Å². The van der Waals surface area contributed by atoms with Crippen LogP contribution in [0.1, 0.15) is 71.3 Å². The van der Waals surface area contributed by atoms with Crippen molar-refractivity contribution in [2.45, 2.75) is 78.4 Å². The molecule has 4 rings (SSSR count). The highest BCUT2D eigenvalue weighted by Gasteiger charge is 2.23. The first-order valence-corrected chi connectivity index (χ1v) is 9.75. The van der Waals surface area contributed by atoms with Gasteiger partial charge in [-0.2, -0.15) is 4.98 Å². The van der Waals surface area contributed by atoms with Crippen molar-refractivity contribution in [1.82, 2.24) is 9.55 Å². The van der Waals surface area contributed by atoms with Crippen molar-refractivity contribution in [1.29, 1.82) is 0 Å². The number of benzene rings is 1. The third-order valence-electron chi connectivity index (χ3n) is 5.41. The molecule has 1 aromatic heterocycles. The van der Waals surface area contributed by atoms with Crippen LogP contribution in [-0.4, -0.2) is 22.3 Å². The van der Waals surface area contributed by atoms with Gasteiger partial charge in [-0.1, -0.05) is 59.1 Å². The van der Waals surface area contributed by atoms with Gasteiger partial charge in [-0.05, 0) is 36.5 Å². The third-order valence-corrected chi connectivity index (χ3v) is 5.41. The molecule has 2 aromatic rings. The summed E-state index contributed by atoms with van der Waals surface area (Å²) >= 11 is 0. The molecule has 1 atom stereocenters. The van der Waals surface area contributed by atoms with Gasteiger partial charge in [-0.15, -0.1) is 0 Å². The smallest absolute Gasteiger partial charge is 0.300 e. The summed E-state index contributed by atoms with van der Waals surface area (Å²) in [4.78, 5) is 15.1. The van der Waals surface area contributed by atoms with Crippen LogP contribution in [0.15, 0.2) is 41.3 Å². The molecule has 5 heteroatoms. The fourth-order valence-corrected chi connectivity index (χ4v) is 3.95. The minimum absolute atomic E-state index is 0. The van der Waals surface area contributed by atoms with Crippen LogP contribution in [0.5, 0.6) is 11.8 Å². The normalized spacial score (nSPS) is 19.2. The fraction of sp³-hybridized carbons (Fsp3) is 0.565. The molecule has 1 aliphatic carbocycles. The van der Waals surface area contributed by atoms with E-state index in [1.165, 1.54) is 56.6 Å². The van der Waals surface area contributed by atoms with Crippen LogP contribution in [0.4, 0.5) is 0 Å². The van der Waals surface area contributed by atoms with Crippen LogP contribution >= 0.6 is 0 Å². The van der Waals surface area contributed by atoms with E-state index in [4.69, 9.17) is 9.47 Å². The molecule has 1 unspecified atom stereocenters. The largest absolute Gasteiger partial charge is 0.490 e. The average Bonchev–Trinajstić information content (AvgIpc) is 3.02. The zero-order valence-corrected chi connectivity index (χ0v) is 15.1. The Morgan fingerprint density at radius 3 is 2.39 bits per heavy atom. The summed E-state index contributed by atoms with van der Waals surface area (Å²) < 4.78 is 13.4. The van der Waals surface area contributed by atoms with E-state index >= 15 is 0 Å². The molecular weight excluding hydrogens is 352 g/mol. The molecule has 0 radical (unpaired) electrons. The van der Waals surface area contributed by atoms with Gasteiger partial charge in [0.1, 0.15) is 12.4 Å². The maximum atomic E-state index is 11.3. The number of ether oxygens (including phenoxy) is 2. The maximum Gasteiger partial charge on any atom is 0.300 e. The highest BCUT2D eigenvalue weighted by atomic mass is 16.6. The predicted octanol–water partition coefficient (Wildman–Crippen LogP) is 5.18. The van der Waals surface area contributed by atoms with Gasteiger partial charge in [-0.25, -0.2) is 0 Å². The van der Waals surface area contributed by atoms with E-state index in [1.54, 1.807) is 6.20 Å². The van der Waals surface area contributed by atoms with Crippen molar-refractivity contribution in [3.63, 3.8) is 0 Å². The van der Waals surface area contributed by atoms with Gasteiger partial charge in [0, 0.05) is 12.3 Å². The van der Waals surface area contributed by atoms with Crippen molar-refractivity contribution in [2.75, 3.05) is 6.61 Å². The molecule has 0 spiro atoms. The summed E-state index contributed by atoms with van der Waals surface area (Å²) in [5.41, 5.74) is 1.16. The Morgan fingerprint density at radius 2 is 1.68 bits per heavy atom. The highest BCUT2D eigenvalue weighted by molar-refractivity contribution is 5.29. The lowest BCUT2D eigenvalue weighted by Gasteiger charge is -2.20. The second-order valence-corrected chi connectivity index (χ2v) is 7.36. The van der Waals surface area contributed by atoms with E-state index < -0.39 is 0 Å². The summed E-state index contributed by atoms with van der Waals surface area (Å²) in [5.74, 6) is 1.56. The number of nitrogens with zero attached hydrogens (tertiary/aromatic N) is 2. The highest BCUT2D eigenvalue weighted by Crippen LogP contribution is 2.31. The molecule has 0 amide bonds. The zero-order valence-electron chi connectivity index (χ0n) is 15.1. The van der Waals surface area contributed by atoms with E-state index in [0.29, 0.717) is 25.1 Å². The molecule has 2 heterocycles. The first-order valence-electron chi connectivity index (χ1n) is 9.75. The van der Waals surface area contributed by atoms with Gasteiger partial charge >= 0.3 is 0 Å².